The zero-order chi connectivity index (χ0) is 9.10. The summed E-state index contributed by atoms with van der Waals surface area (Å²) in [7, 11) is 1.55. The van der Waals surface area contributed by atoms with Gasteiger partial charge in [0.25, 0.3) is 0 Å². The van der Waals surface area contributed by atoms with Crippen LogP contribution < -0.4 is 0 Å². The topological polar surface area (TPSA) is 41.6 Å². The molecule has 0 radical (unpaired) electrons. The number of aromatic amines is 1. The van der Waals surface area contributed by atoms with E-state index in [1.54, 1.807) is 23.3 Å². The molecule has 0 aliphatic rings. The molecule has 2 heterocycles. The van der Waals surface area contributed by atoms with Crippen LogP contribution in [0.15, 0.2) is 18.7 Å². The molecule has 0 fully saturated rings. The maximum Gasteiger partial charge on any atom is 0.116 e. The van der Waals surface area contributed by atoms with E-state index in [0.717, 1.165) is 23.2 Å². The Kier molecular flexibility index (Phi) is 2.75. The second kappa shape index (κ2) is 4.02. The molecule has 0 atom stereocenters. The Labute approximate surface area is 85.2 Å². The Morgan fingerprint density at radius 1 is 1.54 bits per heavy atom. The second-order valence-electron chi connectivity index (χ2n) is 2.68. The van der Waals surface area contributed by atoms with Crippen molar-refractivity contribution in [1.29, 1.82) is 0 Å². The van der Waals surface area contributed by atoms with Gasteiger partial charge in [-0.15, -0.1) is 11.7 Å². The van der Waals surface area contributed by atoms with Gasteiger partial charge in [-0.25, -0.2) is 9.97 Å². The Bertz CT molecular complexity index is 399. The smallest absolute Gasteiger partial charge is 0.116 e. The highest BCUT2D eigenvalue weighted by atomic mass is 33.1. The summed E-state index contributed by atoms with van der Waals surface area (Å²) >= 11 is 4.10. The van der Waals surface area contributed by atoms with Crippen molar-refractivity contribution in [2.24, 2.45) is 0 Å². The first-order valence-electron chi connectivity index (χ1n) is 3.94. The van der Waals surface area contributed by atoms with Gasteiger partial charge in [-0.2, -0.15) is 0 Å². The van der Waals surface area contributed by atoms with Crippen LogP contribution in [0.5, 0.6) is 0 Å². The quantitative estimate of drug-likeness (QED) is 0.603. The predicted octanol–water partition coefficient (Wildman–Crippen LogP) is 2.08. The fraction of sp³-hybridized carbons (Fsp3) is 0.250. The lowest BCUT2D eigenvalue weighted by Crippen LogP contribution is -1.86. The predicted molar refractivity (Wildman–Crippen MR) is 59.0 cm³/mol. The lowest BCUT2D eigenvalue weighted by Gasteiger charge is -1.94. The third kappa shape index (κ3) is 1.81. The average molecular weight is 211 g/mol. The van der Waals surface area contributed by atoms with E-state index in [2.05, 4.69) is 26.6 Å². The number of thiol groups is 1. The molecule has 68 valence electrons. The van der Waals surface area contributed by atoms with Crippen LogP contribution in [0, 0.1) is 0 Å². The summed E-state index contributed by atoms with van der Waals surface area (Å²) in [5.41, 5.74) is 3.26. The van der Waals surface area contributed by atoms with Crippen molar-refractivity contribution in [3.8, 4) is 0 Å². The van der Waals surface area contributed by atoms with Gasteiger partial charge in [0.05, 0.1) is 17.2 Å². The highest BCUT2D eigenvalue weighted by Crippen LogP contribution is 2.17. The number of fused-ring (bicyclic) bond motifs is 1. The van der Waals surface area contributed by atoms with Crippen LogP contribution in [0.25, 0.3) is 11.0 Å². The van der Waals surface area contributed by atoms with E-state index in [1.165, 1.54) is 5.56 Å². The van der Waals surface area contributed by atoms with Crippen LogP contribution in [0.1, 0.15) is 5.56 Å². The number of aryl methyl sites for hydroxylation is 1. The zero-order valence-corrected chi connectivity index (χ0v) is 8.61. The minimum absolute atomic E-state index is 0.991. The molecule has 0 spiro atoms. The number of rotatable bonds is 3. The maximum absolute atomic E-state index is 4.22. The normalized spacial score (nSPS) is 10.8. The van der Waals surface area contributed by atoms with E-state index in [9.17, 15) is 0 Å². The lowest BCUT2D eigenvalue weighted by molar-refractivity contribution is 1.16. The molecule has 0 aromatic carbocycles. The van der Waals surface area contributed by atoms with E-state index >= 15 is 0 Å². The van der Waals surface area contributed by atoms with Crippen molar-refractivity contribution < 1.29 is 0 Å². The molecule has 2 aromatic rings. The molecular weight excluding hydrogens is 202 g/mol. The van der Waals surface area contributed by atoms with Gasteiger partial charge in [0.2, 0.25) is 0 Å². The summed E-state index contributed by atoms with van der Waals surface area (Å²) in [4.78, 5) is 11.3. The molecule has 0 aliphatic heterocycles. The molecule has 0 aliphatic carbocycles. The molecule has 0 unspecified atom stereocenters. The number of H-pyrrole nitrogens is 1. The summed E-state index contributed by atoms with van der Waals surface area (Å²) in [5.74, 6) is 1.00. The fourth-order valence-corrected chi connectivity index (χ4v) is 1.86. The molecule has 0 amide bonds. The number of hydrogen-bond acceptors (Lipinski definition) is 4. The molecule has 1 N–H and O–H groups in total. The minimum atomic E-state index is 0.991. The lowest BCUT2D eigenvalue weighted by atomic mass is 10.2. The van der Waals surface area contributed by atoms with Crippen molar-refractivity contribution in [2.45, 2.75) is 6.42 Å². The van der Waals surface area contributed by atoms with Gasteiger partial charge >= 0.3 is 0 Å². The van der Waals surface area contributed by atoms with Gasteiger partial charge in [-0.3, -0.25) is 0 Å². The van der Waals surface area contributed by atoms with Gasteiger partial charge in [0.1, 0.15) is 6.33 Å². The Morgan fingerprint density at radius 2 is 2.46 bits per heavy atom. The largest absolute Gasteiger partial charge is 0.358 e. The summed E-state index contributed by atoms with van der Waals surface area (Å²) in [6, 6.07) is 0. The maximum atomic E-state index is 4.22. The first kappa shape index (κ1) is 8.90. The molecule has 0 saturated carbocycles. The van der Waals surface area contributed by atoms with Gasteiger partial charge in [-0.05, 0) is 12.0 Å². The second-order valence-corrected chi connectivity index (χ2v) is 4.12. The zero-order valence-electron chi connectivity index (χ0n) is 6.90. The van der Waals surface area contributed by atoms with Crippen LogP contribution >= 0.6 is 22.5 Å². The van der Waals surface area contributed by atoms with E-state index < -0.39 is 0 Å². The van der Waals surface area contributed by atoms with Crippen molar-refractivity contribution in [3.05, 3.63) is 24.3 Å². The summed E-state index contributed by atoms with van der Waals surface area (Å²) in [6.45, 7) is 0. The Balaban J connectivity index is 2.35. The van der Waals surface area contributed by atoms with E-state index in [1.807, 2.05) is 6.20 Å². The molecule has 0 bridgehead atoms. The van der Waals surface area contributed by atoms with Crippen molar-refractivity contribution in [3.63, 3.8) is 0 Å². The summed E-state index contributed by atoms with van der Waals surface area (Å²) in [5, 5.41) is 0. The van der Waals surface area contributed by atoms with E-state index in [4.69, 9.17) is 0 Å². The molecule has 2 rings (SSSR count). The Hall–Kier alpha value is -0.680. The molecular formula is C8H9N3S2. The number of nitrogens with one attached hydrogen (secondary N) is 1. The van der Waals surface area contributed by atoms with Gasteiger partial charge in [0.15, 0.2) is 0 Å². The van der Waals surface area contributed by atoms with Gasteiger partial charge in [-0.1, -0.05) is 10.8 Å². The fourth-order valence-electron chi connectivity index (χ4n) is 1.27. The molecule has 2 aromatic heterocycles. The monoisotopic (exact) mass is 211 g/mol. The van der Waals surface area contributed by atoms with Crippen LogP contribution in [-0.4, -0.2) is 20.7 Å². The molecule has 5 heteroatoms. The first-order chi connectivity index (χ1) is 6.42. The number of hydrogen-bond donors (Lipinski definition) is 2. The summed E-state index contributed by atoms with van der Waals surface area (Å²) < 4.78 is 0. The number of aromatic nitrogens is 3. The first-order valence-corrected chi connectivity index (χ1v) is 5.98. The van der Waals surface area contributed by atoms with Crippen LogP contribution in [0.4, 0.5) is 0 Å². The number of nitrogens with zero attached hydrogens (tertiary/aromatic N) is 2. The van der Waals surface area contributed by atoms with Crippen molar-refractivity contribution in [1.82, 2.24) is 15.0 Å². The average Bonchev–Trinajstić information content (AvgIpc) is 2.58. The third-order valence-corrected chi connectivity index (χ3v) is 2.82. The third-order valence-electron chi connectivity index (χ3n) is 1.88. The van der Waals surface area contributed by atoms with Crippen molar-refractivity contribution >= 4 is 33.5 Å². The molecule has 13 heavy (non-hydrogen) atoms. The molecule has 0 saturated heterocycles. The standard InChI is InChI=1S/C8H9N3S2/c12-13-2-1-6-3-10-7-4-9-5-11-8(6)7/h3-5,10,12H,1-2H2. The SMILES string of the molecule is SSCCc1c[nH]c2cncnc12. The highest BCUT2D eigenvalue weighted by molar-refractivity contribution is 8.68. The molecule has 3 nitrogen and oxygen atoms in total. The Morgan fingerprint density at radius 3 is 3.31 bits per heavy atom. The van der Waals surface area contributed by atoms with Gasteiger partial charge < -0.3 is 4.98 Å². The van der Waals surface area contributed by atoms with Crippen LogP contribution in [-0.2, 0) is 6.42 Å². The van der Waals surface area contributed by atoms with Crippen molar-refractivity contribution in [2.75, 3.05) is 5.75 Å². The van der Waals surface area contributed by atoms with E-state index in [0.29, 0.717) is 0 Å². The summed E-state index contributed by atoms with van der Waals surface area (Å²) in [6.07, 6.45) is 6.35. The van der Waals surface area contributed by atoms with Crippen LogP contribution in [0.3, 0.4) is 0 Å². The minimum Gasteiger partial charge on any atom is -0.358 e. The van der Waals surface area contributed by atoms with E-state index in [-0.39, 0.29) is 0 Å². The van der Waals surface area contributed by atoms with Gasteiger partial charge in [0, 0.05) is 11.9 Å². The van der Waals surface area contributed by atoms with Crippen LogP contribution in [0.2, 0.25) is 0 Å². The highest BCUT2D eigenvalue weighted by Gasteiger charge is 2.03.